The van der Waals surface area contributed by atoms with Gasteiger partial charge >= 0.3 is 6.09 Å². The molecule has 2 bridgehead atoms. The van der Waals surface area contributed by atoms with Crippen LogP contribution >= 0.6 is 0 Å². The van der Waals surface area contributed by atoms with Gasteiger partial charge in [-0.3, -0.25) is 4.79 Å². The van der Waals surface area contributed by atoms with E-state index in [0.717, 1.165) is 62.7 Å². The summed E-state index contributed by atoms with van der Waals surface area (Å²) in [5, 5.41) is 10.9. The van der Waals surface area contributed by atoms with Gasteiger partial charge in [-0.05, 0) is 112 Å². The van der Waals surface area contributed by atoms with Crippen molar-refractivity contribution in [3.8, 4) is 5.75 Å². The molecular weight excluding hydrogens is 542 g/mol. The lowest BCUT2D eigenvalue weighted by Gasteiger charge is -2.43. The first-order valence-electron chi connectivity index (χ1n) is 16.0. The van der Waals surface area contributed by atoms with E-state index in [1.165, 1.54) is 5.57 Å². The van der Waals surface area contributed by atoms with E-state index in [0.29, 0.717) is 42.8 Å². The lowest BCUT2D eigenvalue weighted by Crippen LogP contribution is -2.48. The number of aliphatic hydroxyl groups is 1. The van der Waals surface area contributed by atoms with E-state index in [9.17, 15) is 14.7 Å². The minimum atomic E-state index is -0.637. The van der Waals surface area contributed by atoms with Crippen LogP contribution in [-0.2, 0) is 15.9 Å². The smallest absolute Gasteiger partial charge is 0.410 e. The Morgan fingerprint density at radius 1 is 1.12 bits per heavy atom. The van der Waals surface area contributed by atoms with E-state index in [4.69, 9.17) is 14.2 Å². The molecule has 7 rings (SSSR count). The molecule has 43 heavy (non-hydrogen) atoms. The second kappa shape index (κ2) is 12.1. The summed E-state index contributed by atoms with van der Waals surface area (Å²) in [5.41, 5.74) is 3.49. The Morgan fingerprint density at radius 3 is 2.67 bits per heavy atom. The van der Waals surface area contributed by atoms with Crippen molar-refractivity contribution in [1.29, 1.82) is 0 Å². The fourth-order valence-corrected chi connectivity index (χ4v) is 8.05. The molecule has 2 heterocycles. The highest BCUT2D eigenvalue weighted by atomic mass is 16.6. The third-order valence-corrected chi connectivity index (χ3v) is 10.7. The number of ether oxygens (including phenoxy) is 3. The fourth-order valence-electron chi connectivity index (χ4n) is 8.05. The standard InChI is InChI=1S/C36H45NO6/c1-24-6-4-17-35(2)32(16-18-36(35)23-37(34(40)43-36)22-29-7-5-19-42-29)30-15-9-25(20-27(38)12-8-24)21-31(30)33(39)26-10-13-28(41-3)14-11-26/h6,9-11,13-15,21,27,29,32,38H,4-5,7-8,12,16-20,22-23H2,1-3H3/t27-,29+,32-,35-,36+/m0/s1. The van der Waals surface area contributed by atoms with E-state index in [-0.39, 0.29) is 29.3 Å². The lowest BCUT2D eigenvalue weighted by molar-refractivity contribution is -0.0374. The number of benzene rings is 2. The summed E-state index contributed by atoms with van der Waals surface area (Å²) >= 11 is 0. The molecule has 0 unspecified atom stereocenters. The zero-order chi connectivity index (χ0) is 30.2. The van der Waals surface area contributed by atoms with E-state index in [1.807, 2.05) is 35.2 Å². The van der Waals surface area contributed by atoms with Crippen molar-refractivity contribution in [1.82, 2.24) is 4.90 Å². The van der Waals surface area contributed by atoms with Crippen molar-refractivity contribution in [2.45, 2.75) is 95.4 Å². The van der Waals surface area contributed by atoms with Gasteiger partial charge in [-0.1, -0.05) is 30.7 Å². The molecule has 5 atom stereocenters. The first-order chi connectivity index (χ1) is 20.7. The molecule has 2 aromatic carbocycles. The average molecular weight is 588 g/mol. The fraction of sp³-hybridized carbons (Fsp3) is 0.556. The number of aliphatic hydroxyl groups excluding tert-OH is 1. The number of amides is 1. The van der Waals surface area contributed by atoms with Crippen molar-refractivity contribution in [3.63, 3.8) is 0 Å². The molecule has 230 valence electrons. The van der Waals surface area contributed by atoms with Crippen molar-refractivity contribution in [2.75, 3.05) is 26.8 Å². The van der Waals surface area contributed by atoms with Crippen LogP contribution in [0.15, 0.2) is 54.1 Å². The summed E-state index contributed by atoms with van der Waals surface area (Å²) in [6.45, 7) is 6.29. The van der Waals surface area contributed by atoms with Crippen molar-refractivity contribution in [2.24, 2.45) is 5.41 Å². The van der Waals surface area contributed by atoms with Gasteiger partial charge in [0.1, 0.15) is 11.4 Å². The van der Waals surface area contributed by atoms with Gasteiger partial charge < -0.3 is 24.2 Å². The van der Waals surface area contributed by atoms with Gasteiger partial charge in [0, 0.05) is 23.1 Å². The highest BCUT2D eigenvalue weighted by Crippen LogP contribution is 2.61. The summed E-state index contributed by atoms with van der Waals surface area (Å²) in [6, 6.07) is 13.4. The zero-order valence-electron chi connectivity index (χ0n) is 25.8. The molecule has 2 aromatic rings. The molecule has 3 aliphatic carbocycles. The molecule has 7 nitrogen and oxygen atoms in total. The van der Waals surface area contributed by atoms with Crippen LogP contribution in [0.25, 0.3) is 0 Å². The Morgan fingerprint density at radius 2 is 1.93 bits per heavy atom. The quantitative estimate of drug-likeness (QED) is 0.313. The van der Waals surface area contributed by atoms with E-state index in [2.05, 4.69) is 32.1 Å². The molecule has 1 amide bonds. The molecule has 7 heteroatoms. The number of hydrogen-bond donors (Lipinski definition) is 1. The van der Waals surface area contributed by atoms with Gasteiger partial charge in [0.25, 0.3) is 0 Å². The molecule has 1 saturated carbocycles. The Bertz CT molecular complexity index is 1380. The van der Waals surface area contributed by atoms with Crippen molar-refractivity contribution in [3.05, 3.63) is 76.4 Å². The molecule has 0 aromatic heterocycles. The monoisotopic (exact) mass is 587 g/mol. The maximum absolute atomic E-state index is 14.2. The average Bonchev–Trinajstić information content (AvgIpc) is 3.70. The molecule has 0 radical (unpaired) electrons. The van der Waals surface area contributed by atoms with Crippen molar-refractivity contribution >= 4 is 11.9 Å². The maximum Gasteiger partial charge on any atom is 0.410 e. The normalized spacial score (nSPS) is 31.1. The van der Waals surface area contributed by atoms with E-state index in [1.54, 1.807) is 7.11 Å². The number of rotatable bonds is 5. The Hall–Kier alpha value is -3.16. The van der Waals surface area contributed by atoms with Crippen LogP contribution in [0.3, 0.4) is 0 Å². The molecular formula is C36H45NO6. The van der Waals surface area contributed by atoms with Gasteiger partial charge in [0.2, 0.25) is 0 Å². The number of methoxy groups -OCH3 is 1. The highest BCUT2D eigenvalue weighted by Gasteiger charge is 2.64. The summed E-state index contributed by atoms with van der Waals surface area (Å²) in [5.74, 6) is 0.687. The van der Waals surface area contributed by atoms with Gasteiger partial charge in [-0.25, -0.2) is 4.79 Å². The zero-order valence-corrected chi connectivity index (χ0v) is 25.8. The van der Waals surface area contributed by atoms with Gasteiger partial charge in [-0.2, -0.15) is 0 Å². The summed E-state index contributed by atoms with van der Waals surface area (Å²) in [7, 11) is 1.61. The van der Waals surface area contributed by atoms with Crippen LogP contribution in [0.2, 0.25) is 0 Å². The number of nitrogens with zero attached hydrogens (tertiary/aromatic N) is 1. The van der Waals surface area contributed by atoms with Gasteiger partial charge in [0.05, 0.1) is 32.4 Å². The topological polar surface area (TPSA) is 85.3 Å². The van der Waals surface area contributed by atoms with Gasteiger partial charge in [-0.15, -0.1) is 0 Å². The predicted molar refractivity (Wildman–Crippen MR) is 165 cm³/mol. The van der Waals surface area contributed by atoms with Crippen LogP contribution in [0.5, 0.6) is 5.75 Å². The number of carbonyl (C=O) groups is 2. The van der Waals surface area contributed by atoms with E-state index < -0.39 is 11.7 Å². The molecule has 1 spiro atoms. The molecule has 2 aliphatic heterocycles. The van der Waals surface area contributed by atoms with Crippen LogP contribution < -0.4 is 4.74 Å². The molecule has 5 aliphatic rings. The Kier molecular flexibility index (Phi) is 8.40. The van der Waals surface area contributed by atoms with E-state index >= 15 is 0 Å². The SMILES string of the molecule is COc1ccc(C(=O)c2cc3ccc2[C@@H]2CC[C@@]4(CN(C[C@H]5CCCO5)C(=O)O4)[C@@]2(C)CCC=C(C)CC[C@H](O)C3)cc1. The van der Waals surface area contributed by atoms with Gasteiger partial charge in [0.15, 0.2) is 5.78 Å². The highest BCUT2D eigenvalue weighted by molar-refractivity contribution is 6.10. The summed E-state index contributed by atoms with van der Waals surface area (Å²) < 4.78 is 17.6. The van der Waals surface area contributed by atoms with Crippen LogP contribution in [0.1, 0.15) is 98.2 Å². The summed E-state index contributed by atoms with van der Waals surface area (Å²) in [6.07, 6.45) is 8.88. The molecule has 1 N–H and O–H groups in total. The van der Waals surface area contributed by atoms with Crippen LogP contribution in [0.4, 0.5) is 4.79 Å². The minimum absolute atomic E-state index is 0.0239. The first-order valence-corrected chi connectivity index (χ1v) is 16.0. The Labute approximate surface area is 255 Å². The number of allylic oxidation sites excluding steroid dienone is 2. The predicted octanol–water partition coefficient (Wildman–Crippen LogP) is 6.60. The van der Waals surface area contributed by atoms with Crippen LogP contribution in [0, 0.1) is 5.41 Å². The number of hydrogen-bond acceptors (Lipinski definition) is 6. The largest absolute Gasteiger partial charge is 0.497 e. The molecule has 2 saturated heterocycles. The van der Waals surface area contributed by atoms with Crippen molar-refractivity contribution < 1.29 is 28.9 Å². The minimum Gasteiger partial charge on any atom is -0.497 e. The maximum atomic E-state index is 14.2. The second-order valence-corrected chi connectivity index (χ2v) is 13.4. The number of fused-ring (bicyclic) bond motifs is 8. The molecule has 3 fully saturated rings. The first kappa shape index (κ1) is 29.9. The third-order valence-electron chi connectivity index (χ3n) is 10.7. The second-order valence-electron chi connectivity index (χ2n) is 13.4. The summed E-state index contributed by atoms with van der Waals surface area (Å²) in [4.78, 5) is 29.4. The lowest BCUT2D eigenvalue weighted by atomic mass is 9.64. The number of carbonyl (C=O) groups excluding carboxylic acids is 2. The number of ketones is 1. The van der Waals surface area contributed by atoms with Crippen LogP contribution in [-0.4, -0.2) is 66.5 Å². The Balaban J connectivity index is 1.41. The third kappa shape index (κ3) is 5.74.